The molecule has 7 nitrogen and oxygen atoms in total. The number of para-hydroxylation sites is 1. The quantitative estimate of drug-likeness (QED) is 0.440. The van der Waals surface area contributed by atoms with Crippen LogP contribution in [0, 0.1) is 6.92 Å². The summed E-state index contributed by atoms with van der Waals surface area (Å²) in [4.78, 5) is 40.0. The lowest BCUT2D eigenvalue weighted by molar-refractivity contribution is -0.138. The fourth-order valence-electron chi connectivity index (χ4n) is 4.09. The molecule has 0 aliphatic carbocycles. The molecule has 1 aromatic rings. The predicted octanol–water partition coefficient (Wildman–Crippen LogP) is 4.84. The fourth-order valence-corrected chi connectivity index (χ4v) is 8.84. The number of methoxy groups -OCH3 is 2. The molecular formula is C24H25NO6S3. The summed E-state index contributed by atoms with van der Waals surface area (Å²) < 4.78 is 14.3. The largest absolute Gasteiger partial charge is 0.465 e. The Morgan fingerprint density at radius 3 is 2.18 bits per heavy atom. The summed E-state index contributed by atoms with van der Waals surface area (Å²) in [7, 11) is 2.54. The molecule has 3 aliphatic heterocycles. The van der Waals surface area contributed by atoms with Gasteiger partial charge in [0, 0.05) is 21.7 Å². The zero-order chi connectivity index (χ0) is 24.8. The molecule has 1 aromatic carbocycles. The average molecular weight is 520 g/mol. The number of hydrogen-bond acceptors (Lipinski definition) is 10. The summed E-state index contributed by atoms with van der Waals surface area (Å²) in [5.41, 5.74) is 3.41. The van der Waals surface area contributed by atoms with Gasteiger partial charge in [-0.2, -0.15) is 0 Å². The summed E-state index contributed by atoms with van der Waals surface area (Å²) in [6.07, 6.45) is 1.80. The van der Waals surface area contributed by atoms with Crippen LogP contribution >= 0.6 is 35.3 Å². The van der Waals surface area contributed by atoms with E-state index in [9.17, 15) is 14.4 Å². The van der Waals surface area contributed by atoms with Crippen molar-refractivity contribution in [2.24, 2.45) is 0 Å². The molecule has 0 bridgehead atoms. The number of ether oxygens (including phenoxy) is 3. The molecule has 0 fully saturated rings. The van der Waals surface area contributed by atoms with E-state index in [0.29, 0.717) is 4.91 Å². The number of aryl methyl sites for hydroxylation is 1. The van der Waals surface area contributed by atoms with Gasteiger partial charge in [-0.15, -0.1) is 0 Å². The number of carbonyl (C=O) groups is 3. The van der Waals surface area contributed by atoms with Crippen molar-refractivity contribution in [3.05, 3.63) is 55.0 Å². The summed E-state index contributed by atoms with van der Waals surface area (Å²) in [6.45, 7) is 8.11. The number of hydrogen-bond donors (Lipinski definition) is 1. The second-order valence-electron chi connectivity index (χ2n) is 8.30. The fraction of sp³-hybridized carbons (Fsp3) is 0.375. The number of esters is 3. The average Bonchev–Trinajstić information content (AvgIpc) is 3.18. The Balaban J connectivity index is 1.99. The molecular weight excluding hydrogens is 494 g/mol. The zero-order valence-corrected chi connectivity index (χ0v) is 22.1. The van der Waals surface area contributed by atoms with E-state index < -0.39 is 27.5 Å². The van der Waals surface area contributed by atoms with Gasteiger partial charge >= 0.3 is 17.9 Å². The highest BCUT2D eigenvalue weighted by Gasteiger charge is 2.54. The molecule has 0 saturated heterocycles. The van der Waals surface area contributed by atoms with Crippen LogP contribution in [-0.4, -0.2) is 48.4 Å². The Bertz CT molecular complexity index is 1170. The number of carbonyl (C=O) groups excluding carboxylic acids is 3. The van der Waals surface area contributed by atoms with Crippen LogP contribution in [0.15, 0.2) is 43.9 Å². The minimum Gasteiger partial charge on any atom is -0.465 e. The molecule has 10 heteroatoms. The Morgan fingerprint density at radius 2 is 1.62 bits per heavy atom. The lowest BCUT2D eigenvalue weighted by Crippen LogP contribution is -2.41. The number of rotatable bonds is 4. The molecule has 0 amide bonds. The third-order valence-electron chi connectivity index (χ3n) is 5.59. The first-order chi connectivity index (χ1) is 16.1. The molecule has 0 atom stereocenters. The summed E-state index contributed by atoms with van der Waals surface area (Å²) in [6, 6.07) is 6.02. The molecule has 4 rings (SSSR count). The predicted molar refractivity (Wildman–Crippen MR) is 137 cm³/mol. The van der Waals surface area contributed by atoms with Gasteiger partial charge in [0.05, 0.1) is 31.3 Å². The first-order valence-corrected chi connectivity index (χ1v) is 13.0. The topological polar surface area (TPSA) is 90.9 Å². The van der Waals surface area contributed by atoms with Gasteiger partial charge in [-0.05, 0) is 39.3 Å². The Kier molecular flexibility index (Phi) is 6.61. The third kappa shape index (κ3) is 3.95. The van der Waals surface area contributed by atoms with Crippen LogP contribution in [0.5, 0.6) is 0 Å². The summed E-state index contributed by atoms with van der Waals surface area (Å²) in [5.74, 6) is -1.70. The van der Waals surface area contributed by atoms with Gasteiger partial charge in [-0.3, -0.25) is 0 Å². The first kappa shape index (κ1) is 24.8. The molecule has 0 saturated carbocycles. The van der Waals surface area contributed by atoms with E-state index in [-0.39, 0.29) is 16.4 Å². The van der Waals surface area contributed by atoms with Crippen molar-refractivity contribution in [2.75, 3.05) is 26.1 Å². The lowest BCUT2D eigenvalue weighted by atomic mass is 9.86. The van der Waals surface area contributed by atoms with E-state index in [0.717, 1.165) is 27.3 Å². The van der Waals surface area contributed by atoms with Crippen LogP contribution < -0.4 is 5.32 Å². The molecule has 3 aliphatic rings. The smallest absolute Gasteiger partial charge is 0.345 e. The maximum absolute atomic E-state index is 12.9. The van der Waals surface area contributed by atoms with Gasteiger partial charge in [0.25, 0.3) is 0 Å². The van der Waals surface area contributed by atoms with Crippen molar-refractivity contribution < 1.29 is 28.6 Å². The van der Waals surface area contributed by atoms with Crippen molar-refractivity contribution >= 4 is 64.5 Å². The lowest BCUT2D eigenvalue weighted by Gasteiger charge is -2.45. The summed E-state index contributed by atoms with van der Waals surface area (Å²) in [5, 5.41) is 3.62. The molecule has 0 unspecified atom stereocenters. The van der Waals surface area contributed by atoms with Crippen LogP contribution in [-0.2, 0) is 28.6 Å². The van der Waals surface area contributed by atoms with Gasteiger partial charge in [0.2, 0.25) is 0 Å². The maximum atomic E-state index is 12.9. The molecule has 3 heterocycles. The standard InChI is InChI=1S/C24H25NO6S3/c1-7-31-20(26)14-11-24(33-17(21(27)29-5)18(34-24)22(28)30-6)15-13-10-8-9-12(2)16(13)25-23(3,4)19(15)32-14/h8-11,25H,7H2,1-6H3. The Morgan fingerprint density at radius 1 is 1.00 bits per heavy atom. The Hall–Kier alpha value is -2.30. The van der Waals surface area contributed by atoms with Crippen LogP contribution in [0.4, 0.5) is 5.69 Å². The third-order valence-corrected chi connectivity index (χ3v) is 10.0. The van der Waals surface area contributed by atoms with E-state index in [1.54, 1.807) is 13.0 Å². The second kappa shape index (κ2) is 9.05. The molecule has 0 radical (unpaired) electrons. The highest BCUT2D eigenvalue weighted by Crippen LogP contribution is 2.68. The van der Waals surface area contributed by atoms with Gasteiger partial charge < -0.3 is 19.5 Å². The van der Waals surface area contributed by atoms with Gasteiger partial charge in [-0.1, -0.05) is 53.5 Å². The molecule has 180 valence electrons. The number of thioether (sulfide) groups is 3. The van der Waals surface area contributed by atoms with E-state index in [1.807, 2.05) is 39.0 Å². The van der Waals surface area contributed by atoms with Crippen LogP contribution in [0.1, 0.15) is 31.9 Å². The van der Waals surface area contributed by atoms with Crippen molar-refractivity contribution in [1.82, 2.24) is 0 Å². The van der Waals surface area contributed by atoms with Crippen molar-refractivity contribution in [3.8, 4) is 0 Å². The monoisotopic (exact) mass is 519 g/mol. The molecule has 1 N–H and O–H groups in total. The normalized spacial score (nSPS) is 19.6. The van der Waals surface area contributed by atoms with Crippen LogP contribution in [0.25, 0.3) is 5.57 Å². The van der Waals surface area contributed by atoms with Crippen molar-refractivity contribution in [3.63, 3.8) is 0 Å². The van der Waals surface area contributed by atoms with E-state index in [2.05, 4.69) is 5.32 Å². The number of anilines is 1. The molecule has 1 spiro atoms. The van der Waals surface area contributed by atoms with E-state index >= 15 is 0 Å². The molecule has 34 heavy (non-hydrogen) atoms. The van der Waals surface area contributed by atoms with Crippen LogP contribution in [0.3, 0.4) is 0 Å². The maximum Gasteiger partial charge on any atom is 0.345 e. The Labute approximate surface area is 211 Å². The highest BCUT2D eigenvalue weighted by atomic mass is 32.2. The highest BCUT2D eigenvalue weighted by molar-refractivity contribution is 8.26. The number of benzene rings is 1. The minimum absolute atomic E-state index is 0.156. The van der Waals surface area contributed by atoms with Gasteiger partial charge in [0.15, 0.2) is 0 Å². The van der Waals surface area contributed by atoms with Crippen LogP contribution in [0.2, 0.25) is 0 Å². The number of fused-ring (bicyclic) bond motifs is 3. The minimum atomic E-state index is -0.975. The number of nitrogens with one attached hydrogen (secondary N) is 1. The van der Waals surface area contributed by atoms with Gasteiger partial charge in [-0.25, -0.2) is 14.4 Å². The van der Waals surface area contributed by atoms with E-state index in [1.165, 1.54) is 49.5 Å². The second-order valence-corrected chi connectivity index (χ2v) is 12.1. The van der Waals surface area contributed by atoms with Crippen molar-refractivity contribution in [1.29, 1.82) is 0 Å². The zero-order valence-electron chi connectivity index (χ0n) is 19.7. The SMILES string of the molecule is CCOC(=O)C1=CC2(SC(C(=O)OC)=C(C(=O)OC)S2)C2=C(S1)C(C)(C)Nc1c(C)cccc12. The first-order valence-electron chi connectivity index (χ1n) is 10.6. The van der Waals surface area contributed by atoms with Gasteiger partial charge in [0.1, 0.15) is 13.9 Å². The van der Waals surface area contributed by atoms with E-state index in [4.69, 9.17) is 14.2 Å². The van der Waals surface area contributed by atoms with Crippen molar-refractivity contribution in [2.45, 2.75) is 37.3 Å². The summed E-state index contributed by atoms with van der Waals surface area (Å²) >= 11 is 3.75. The molecule has 0 aromatic heterocycles.